The number of carbonyl (C=O) groups is 3. The van der Waals surface area contributed by atoms with Gasteiger partial charge < -0.3 is 19.9 Å². The second-order valence-corrected chi connectivity index (χ2v) is 7.22. The quantitative estimate of drug-likeness (QED) is 0.545. The molecule has 0 bridgehead atoms. The zero-order chi connectivity index (χ0) is 19.6. The number of esters is 1. The number of amides is 1. The van der Waals surface area contributed by atoms with E-state index in [1.165, 1.54) is 6.08 Å². The van der Waals surface area contributed by atoms with E-state index in [0.29, 0.717) is 23.4 Å². The molecule has 1 aromatic carbocycles. The van der Waals surface area contributed by atoms with Gasteiger partial charge in [-0.1, -0.05) is 36.4 Å². The first-order chi connectivity index (χ1) is 12.9. The van der Waals surface area contributed by atoms with Gasteiger partial charge in [0.2, 0.25) is 0 Å². The monoisotopic (exact) mass is 393 g/mol. The fourth-order valence-corrected chi connectivity index (χ4v) is 4.21. The van der Waals surface area contributed by atoms with Crippen LogP contribution in [0.3, 0.4) is 0 Å². The number of hydrogen-bond donors (Lipinski definition) is 2. The summed E-state index contributed by atoms with van der Waals surface area (Å²) in [6.07, 6.45) is 1.43. The van der Waals surface area contributed by atoms with Crippen LogP contribution in [-0.4, -0.2) is 35.3 Å². The molecule has 2 aliphatic carbocycles. The summed E-state index contributed by atoms with van der Waals surface area (Å²) in [4.78, 5) is 36.4. The Balaban J connectivity index is 1.75. The van der Waals surface area contributed by atoms with E-state index < -0.39 is 35.4 Å². The van der Waals surface area contributed by atoms with Gasteiger partial charge in [-0.15, -0.1) is 0 Å². The highest BCUT2D eigenvalue weighted by Crippen LogP contribution is 2.62. The number of hydrogen-bond acceptors (Lipinski definition) is 5. The second kappa shape index (κ2) is 7.60. The molecule has 0 spiro atoms. The molecule has 8 heteroatoms. The Hall–Kier alpha value is -2.54. The zero-order valence-electron chi connectivity index (χ0n) is 14.5. The molecule has 3 rings (SSSR count). The number of halogens is 1. The lowest BCUT2D eigenvalue weighted by molar-refractivity contribution is -0.154. The predicted molar refractivity (Wildman–Crippen MR) is 96.0 cm³/mol. The smallest absolute Gasteiger partial charge is 0.408 e. The molecule has 1 aromatic rings. The summed E-state index contributed by atoms with van der Waals surface area (Å²) in [6, 6.07) is 6.86. The van der Waals surface area contributed by atoms with Gasteiger partial charge in [0, 0.05) is 10.9 Å². The van der Waals surface area contributed by atoms with Crippen LogP contribution in [0.2, 0.25) is 5.02 Å². The van der Waals surface area contributed by atoms with Crippen LogP contribution in [0.4, 0.5) is 4.79 Å². The van der Waals surface area contributed by atoms with E-state index in [4.69, 9.17) is 21.1 Å². The van der Waals surface area contributed by atoms with Gasteiger partial charge in [0.05, 0.1) is 5.92 Å². The van der Waals surface area contributed by atoms with Crippen molar-refractivity contribution in [2.24, 2.45) is 17.8 Å². The van der Waals surface area contributed by atoms with Gasteiger partial charge >= 0.3 is 18.0 Å². The van der Waals surface area contributed by atoms with Crippen molar-refractivity contribution in [3.8, 4) is 0 Å². The Kier molecular flexibility index (Phi) is 5.41. The molecule has 4 unspecified atom stereocenters. The fraction of sp³-hybridized carbons (Fsp3) is 0.421. The minimum atomic E-state index is -1.40. The van der Waals surface area contributed by atoms with Crippen molar-refractivity contribution in [1.82, 2.24) is 5.32 Å². The van der Waals surface area contributed by atoms with E-state index >= 15 is 0 Å². The maximum atomic E-state index is 12.9. The lowest BCUT2D eigenvalue weighted by Crippen LogP contribution is -2.56. The van der Waals surface area contributed by atoms with Crippen LogP contribution in [0.1, 0.15) is 18.4 Å². The first kappa shape index (κ1) is 19.2. The number of nitrogens with one attached hydrogen (secondary N) is 1. The molecular weight excluding hydrogens is 374 g/mol. The number of aliphatic carboxylic acids is 1. The molecule has 0 aliphatic heterocycles. The normalized spacial score (nSPS) is 28.0. The van der Waals surface area contributed by atoms with Crippen LogP contribution < -0.4 is 5.32 Å². The number of carboxylic acids is 1. The van der Waals surface area contributed by atoms with E-state index in [1.54, 1.807) is 24.3 Å². The van der Waals surface area contributed by atoms with Gasteiger partial charge in [-0.2, -0.15) is 0 Å². The molecule has 2 aliphatic rings. The molecular formula is C19H20ClNO6. The summed E-state index contributed by atoms with van der Waals surface area (Å²) >= 11 is 5.93. The zero-order valence-corrected chi connectivity index (χ0v) is 15.3. The maximum absolute atomic E-state index is 12.9. The standard InChI is InChI=1S/C19H20ClNO6/c1-2-8-26-18(25)21-19(7-6-13-14(15(13)19)16(22)23)17(24)27-10-11-4-3-5-12(20)9-11/h2-5,9,13-15H,1,6-8,10H2,(H,21,25)(H,22,23). The molecule has 7 nitrogen and oxygen atoms in total. The summed E-state index contributed by atoms with van der Waals surface area (Å²) in [5.74, 6) is -2.96. The Morgan fingerprint density at radius 3 is 2.78 bits per heavy atom. The topological polar surface area (TPSA) is 102 Å². The lowest BCUT2D eigenvalue weighted by Gasteiger charge is -2.30. The highest BCUT2D eigenvalue weighted by molar-refractivity contribution is 6.30. The maximum Gasteiger partial charge on any atom is 0.408 e. The molecule has 4 atom stereocenters. The molecule has 2 N–H and O–H groups in total. The van der Waals surface area contributed by atoms with Crippen molar-refractivity contribution in [3.63, 3.8) is 0 Å². The van der Waals surface area contributed by atoms with Gasteiger partial charge in [0.1, 0.15) is 18.8 Å². The third-order valence-corrected chi connectivity index (χ3v) is 5.41. The minimum absolute atomic E-state index is 0.0179. The molecule has 0 radical (unpaired) electrons. The van der Waals surface area contributed by atoms with Gasteiger partial charge in [-0.25, -0.2) is 9.59 Å². The summed E-state index contributed by atoms with van der Waals surface area (Å²) in [6.45, 7) is 3.41. The van der Waals surface area contributed by atoms with Crippen LogP contribution in [-0.2, 0) is 25.7 Å². The molecule has 0 aromatic heterocycles. The SMILES string of the molecule is C=CCOC(=O)NC1(C(=O)OCc2cccc(Cl)c2)CCC2C(C(=O)O)C21. The van der Waals surface area contributed by atoms with E-state index in [0.717, 1.165) is 0 Å². The van der Waals surface area contributed by atoms with Gasteiger partial charge in [0.15, 0.2) is 0 Å². The molecule has 27 heavy (non-hydrogen) atoms. The van der Waals surface area contributed by atoms with Gasteiger partial charge in [-0.05, 0) is 36.5 Å². The third-order valence-electron chi connectivity index (χ3n) is 5.18. The molecule has 2 saturated carbocycles. The Bertz CT molecular complexity index is 781. The number of ether oxygens (including phenoxy) is 2. The summed E-state index contributed by atoms with van der Waals surface area (Å²) in [5.41, 5.74) is -0.703. The van der Waals surface area contributed by atoms with Crippen LogP contribution in [0.25, 0.3) is 0 Å². The molecule has 0 heterocycles. The van der Waals surface area contributed by atoms with E-state index in [9.17, 15) is 19.5 Å². The average Bonchev–Trinajstić information content (AvgIpc) is 3.27. The van der Waals surface area contributed by atoms with Crippen LogP contribution in [0.5, 0.6) is 0 Å². The van der Waals surface area contributed by atoms with E-state index in [-0.39, 0.29) is 19.1 Å². The molecule has 1 amide bonds. The van der Waals surface area contributed by atoms with Crippen molar-refractivity contribution >= 4 is 29.6 Å². The van der Waals surface area contributed by atoms with Gasteiger partial charge in [0.25, 0.3) is 0 Å². The van der Waals surface area contributed by atoms with Crippen LogP contribution in [0.15, 0.2) is 36.9 Å². The summed E-state index contributed by atoms with van der Waals surface area (Å²) < 4.78 is 10.3. The lowest BCUT2D eigenvalue weighted by atomic mass is 9.90. The number of benzene rings is 1. The molecule has 144 valence electrons. The van der Waals surface area contributed by atoms with Crippen molar-refractivity contribution < 1.29 is 29.0 Å². The van der Waals surface area contributed by atoms with Crippen LogP contribution >= 0.6 is 11.6 Å². The number of alkyl carbamates (subject to hydrolysis) is 1. The Morgan fingerprint density at radius 2 is 2.15 bits per heavy atom. The highest BCUT2D eigenvalue weighted by Gasteiger charge is 2.72. The first-order valence-electron chi connectivity index (χ1n) is 8.59. The Morgan fingerprint density at radius 1 is 1.37 bits per heavy atom. The third kappa shape index (κ3) is 3.78. The fourth-order valence-electron chi connectivity index (χ4n) is 3.99. The molecule has 2 fully saturated rings. The Labute approximate surface area is 161 Å². The van der Waals surface area contributed by atoms with Crippen molar-refractivity contribution in [2.45, 2.75) is 25.0 Å². The van der Waals surface area contributed by atoms with Crippen molar-refractivity contribution in [2.75, 3.05) is 6.61 Å². The highest BCUT2D eigenvalue weighted by atomic mass is 35.5. The van der Waals surface area contributed by atoms with Crippen molar-refractivity contribution in [1.29, 1.82) is 0 Å². The van der Waals surface area contributed by atoms with Crippen molar-refractivity contribution in [3.05, 3.63) is 47.5 Å². The summed E-state index contributed by atoms with van der Waals surface area (Å²) in [5, 5.41) is 12.5. The van der Waals surface area contributed by atoms with Crippen LogP contribution in [0, 0.1) is 17.8 Å². The average molecular weight is 394 g/mol. The second-order valence-electron chi connectivity index (χ2n) is 6.78. The number of carboxylic acid groups (broad SMARTS) is 1. The number of carbonyl (C=O) groups excluding carboxylic acids is 2. The largest absolute Gasteiger partial charge is 0.481 e. The van der Waals surface area contributed by atoms with E-state index in [2.05, 4.69) is 11.9 Å². The first-order valence-corrected chi connectivity index (χ1v) is 8.97. The summed E-state index contributed by atoms with van der Waals surface area (Å²) in [7, 11) is 0. The predicted octanol–water partition coefficient (Wildman–Crippen LogP) is 2.77. The van der Waals surface area contributed by atoms with Gasteiger partial charge in [-0.3, -0.25) is 4.79 Å². The number of fused-ring (bicyclic) bond motifs is 1. The number of rotatable bonds is 7. The van der Waals surface area contributed by atoms with E-state index in [1.807, 2.05) is 0 Å². The minimum Gasteiger partial charge on any atom is -0.481 e. The molecule has 0 saturated heterocycles.